The molecule has 1 heterocycles. The van der Waals surface area contributed by atoms with Crippen molar-refractivity contribution < 1.29 is 27.6 Å². The fourth-order valence-corrected chi connectivity index (χ4v) is 5.06. The molecule has 0 aliphatic carbocycles. The number of halogens is 1. The van der Waals surface area contributed by atoms with Crippen LogP contribution < -0.4 is 10.8 Å². The number of fused-ring (bicyclic) bond motifs is 1. The standard InChI is InChI=1S/C24H30FN3O5S/c1-3-12-26-13-10-16-4-6-17(7-5-16)18-8-9-19-20(22(18)25)15-28(24(19)30)14-11-21(23(29)27-31)34(2,32)33/h4-9,21,26,31H,3,10-15H2,1-2H3,(H,27,29). The fourth-order valence-electron chi connectivity index (χ4n) is 4.08. The van der Waals surface area contributed by atoms with Crippen molar-refractivity contribution in [1.29, 1.82) is 0 Å². The van der Waals surface area contributed by atoms with Crippen molar-refractivity contribution in [1.82, 2.24) is 15.7 Å². The molecule has 0 bridgehead atoms. The summed E-state index contributed by atoms with van der Waals surface area (Å²) in [5.74, 6) is -1.98. The summed E-state index contributed by atoms with van der Waals surface area (Å²) < 4.78 is 39.1. The third-order valence-electron chi connectivity index (χ3n) is 5.97. The van der Waals surface area contributed by atoms with Gasteiger partial charge in [0.15, 0.2) is 9.84 Å². The molecule has 10 heteroatoms. The van der Waals surface area contributed by atoms with Crippen molar-refractivity contribution >= 4 is 21.7 Å². The minimum Gasteiger partial charge on any atom is -0.334 e. The van der Waals surface area contributed by atoms with E-state index in [2.05, 4.69) is 12.2 Å². The molecule has 0 spiro atoms. The Morgan fingerprint density at radius 1 is 1.15 bits per heavy atom. The predicted molar refractivity (Wildman–Crippen MR) is 127 cm³/mol. The zero-order valence-electron chi connectivity index (χ0n) is 19.3. The Kier molecular flexibility index (Phi) is 8.40. The van der Waals surface area contributed by atoms with Gasteiger partial charge in [0.2, 0.25) is 0 Å². The molecule has 2 aromatic carbocycles. The average molecular weight is 492 g/mol. The van der Waals surface area contributed by atoms with Gasteiger partial charge in [-0.1, -0.05) is 37.3 Å². The molecule has 0 aromatic heterocycles. The van der Waals surface area contributed by atoms with E-state index in [9.17, 15) is 18.0 Å². The maximum absolute atomic E-state index is 15.4. The number of nitrogens with one attached hydrogen (secondary N) is 2. The van der Waals surface area contributed by atoms with Crippen LogP contribution in [-0.2, 0) is 27.6 Å². The number of sulfone groups is 1. The minimum absolute atomic E-state index is 0.0216. The van der Waals surface area contributed by atoms with Crippen LogP contribution in [-0.4, -0.2) is 61.5 Å². The van der Waals surface area contributed by atoms with Crippen LogP contribution in [0.25, 0.3) is 11.1 Å². The molecular formula is C24H30FN3O5S. The van der Waals surface area contributed by atoms with Crippen molar-refractivity contribution in [2.75, 3.05) is 25.9 Å². The van der Waals surface area contributed by atoms with Crippen LogP contribution in [0.5, 0.6) is 0 Å². The van der Waals surface area contributed by atoms with Crippen molar-refractivity contribution in [2.24, 2.45) is 0 Å². The summed E-state index contributed by atoms with van der Waals surface area (Å²) in [6.45, 7) is 3.86. The zero-order valence-corrected chi connectivity index (χ0v) is 20.1. The smallest absolute Gasteiger partial charge is 0.261 e. The third-order valence-corrected chi connectivity index (χ3v) is 7.46. The number of carbonyl (C=O) groups is 2. The lowest BCUT2D eigenvalue weighted by atomic mass is 9.98. The summed E-state index contributed by atoms with van der Waals surface area (Å²) in [6, 6.07) is 10.8. The third kappa shape index (κ3) is 5.81. The van der Waals surface area contributed by atoms with Gasteiger partial charge in [-0.3, -0.25) is 14.8 Å². The second-order valence-electron chi connectivity index (χ2n) is 8.46. The Morgan fingerprint density at radius 2 is 1.82 bits per heavy atom. The SMILES string of the molecule is CCCNCCc1ccc(-c2ccc3c(c2F)CN(CCC(C(=O)NO)S(C)(=O)=O)C3=O)cc1. The van der Waals surface area contributed by atoms with E-state index in [-0.39, 0.29) is 30.6 Å². The monoisotopic (exact) mass is 491 g/mol. The van der Waals surface area contributed by atoms with E-state index in [1.54, 1.807) is 12.1 Å². The highest BCUT2D eigenvalue weighted by molar-refractivity contribution is 7.92. The van der Waals surface area contributed by atoms with Crippen molar-refractivity contribution in [3.8, 4) is 11.1 Å². The second kappa shape index (κ2) is 11.1. The molecule has 2 amide bonds. The number of hydrogen-bond acceptors (Lipinski definition) is 6. The van der Waals surface area contributed by atoms with Crippen molar-refractivity contribution in [3.05, 3.63) is 58.9 Å². The fraction of sp³-hybridized carbons (Fsp3) is 0.417. The lowest BCUT2D eigenvalue weighted by Gasteiger charge is -2.19. The summed E-state index contributed by atoms with van der Waals surface area (Å²) in [5, 5.41) is 10.7. The van der Waals surface area contributed by atoms with Gasteiger partial charge in [-0.2, -0.15) is 0 Å². The summed E-state index contributed by atoms with van der Waals surface area (Å²) in [5.41, 5.74) is 4.05. The number of benzene rings is 2. The van der Waals surface area contributed by atoms with Crippen LogP contribution in [0.3, 0.4) is 0 Å². The van der Waals surface area contributed by atoms with Crippen LogP contribution in [0.2, 0.25) is 0 Å². The Morgan fingerprint density at radius 3 is 2.44 bits per heavy atom. The van der Waals surface area contributed by atoms with E-state index >= 15 is 4.39 Å². The molecule has 1 unspecified atom stereocenters. The largest absolute Gasteiger partial charge is 0.334 e. The zero-order chi connectivity index (χ0) is 24.9. The van der Waals surface area contributed by atoms with Gasteiger partial charge >= 0.3 is 0 Å². The van der Waals surface area contributed by atoms with E-state index < -0.39 is 32.7 Å². The van der Waals surface area contributed by atoms with Crippen molar-refractivity contribution in [2.45, 2.75) is 38.0 Å². The highest BCUT2D eigenvalue weighted by Gasteiger charge is 2.34. The topological polar surface area (TPSA) is 116 Å². The van der Waals surface area contributed by atoms with E-state index in [4.69, 9.17) is 5.21 Å². The van der Waals surface area contributed by atoms with Crippen molar-refractivity contribution in [3.63, 3.8) is 0 Å². The predicted octanol–water partition coefficient (Wildman–Crippen LogP) is 2.30. The quantitative estimate of drug-likeness (QED) is 0.252. The average Bonchev–Trinajstić information content (AvgIpc) is 3.13. The number of hydrogen-bond donors (Lipinski definition) is 3. The Hall–Kier alpha value is -2.82. The van der Waals surface area contributed by atoms with E-state index in [1.165, 1.54) is 10.4 Å². The lowest BCUT2D eigenvalue weighted by Crippen LogP contribution is -2.40. The van der Waals surface area contributed by atoms with Crippen LogP contribution in [0.4, 0.5) is 4.39 Å². The summed E-state index contributed by atoms with van der Waals surface area (Å²) in [6.07, 6.45) is 2.62. The van der Waals surface area contributed by atoms with Gasteiger partial charge in [0.05, 0.1) is 0 Å². The number of nitrogens with zero attached hydrogens (tertiary/aromatic N) is 1. The normalized spacial score (nSPS) is 14.2. The molecule has 3 N–H and O–H groups in total. The van der Waals surface area contributed by atoms with E-state index in [1.807, 2.05) is 24.3 Å². The lowest BCUT2D eigenvalue weighted by molar-refractivity contribution is -0.128. The molecule has 2 aromatic rings. The maximum atomic E-state index is 15.4. The minimum atomic E-state index is -3.80. The van der Waals surface area contributed by atoms with Gasteiger partial charge in [0.1, 0.15) is 11.1 Å². The second-order valence-corrected chi connectivity index (χ2v) is 10.7. The molecule has 184 valence electrons. The van der Waals surface area contributed by atoms with Gasteiger partial charge in [-0.25, -0.2) is 18.3 Å². The Balaban J connectivity index is 1.73. The molecule has 0 saturated heterocycles. The first-order chi connectivity index (χ1) is 16.2. The molecular weight excluding hydrogens is 461 g/mol. The van der Waals surface area contributed by atoms with E-state index in [0.29, 0.717) is 11.1 Å². The first-order valence-electron chi connectivity index (χ1n) is 11.2. The molecule has 8 nitrogen and oxygen atoms in total. The molecule has 1 aliphatic rings. The number of rotatable bonds is 11. The van der Waals surface area contributed by atoms with Gasteiger partial charge < -0.3 is 10.2 Å². The van der Waals surface area contributed by atoms with Gasteiger partial charge in [-0.15, -0.1) is 0 Å². The van der Waals surface area contributed by atoms with Crippen LogP contribution >= 0.6 is 0 Å². The number of amides is 2. The molecule has 0 saturated carbocycles. The first kappa shape index (κ1) is 25.8. The molecule has 1 atom stereocenters. The summed E-state index contributed by atoms with van der Waals surface area (Å²) >= 11 is 0. The summed E-state index contributed by atoms with van der Waals surface area (Å²) in [7, 11) is -3.80. The number of hydroxylamine groups is 1. The van der Waals surface area contributed by atoms with Gasteiger partial charge in [0, 0.05) is 36.0 Å². The van der Waals surface area contributed by atoms with Gasteiger partial charge in [-0.05, 0) is 49.5 Å². The highest BCUT2D eigenvalue weighted by Crippen LogP contribution is 2.32. The number of carbonyl (C=O) groups excluding carboxylic acids is 2. The van der Waals surface area contributed by atoms with Crippen LogP contribution in [0.15, 0.2) is 36.4 Å². The Bertz CT molecular complexity index is 1150. The highest BCUT2D eigenvalue weighted by atomic mass is 32.2. The molecule has 0 fully saturated rings. The first-order valence-corrected chi connectivity index (χ1v) is 13.2. The summed E-state index contributed by atoms with van der Waals surface area (Å²) in [4.78, 5) is 25.8. The molecule has 1 aliphatic heterocycles. The van der Waals surface area contributed by atoms with E-state index in [0.717, 1.165) is 37.8 Å². The van der Waals surface area contributed by atoms with Gasteiger partial charge in [0.25, 0.3) is 11.8 Å². The van der Waals surface area contributed by atoms with Crippen LogP contribution in [0, 0.1) is 5.82 Å². The molecule has 3 rings (SSSR count). The van der Waals surface area contributed by atoms with Crippen LogP contribution in [0.1, 0.15) is 41.3 Å². The Labute approximate surface area is 199 Å². The molecule has 34 heavy (non-hydrogen) atoms. The maximum Gasteiger partial charge on any atom is 0.261 e. The molecule has 0 radical (unpaired) electrons.